The van der Waals surface area contributed by atoms with Crippen molar-refractivity contribution >= 4 is 5.91 Å². The van der Waals surface area contributed by atoms with Crippen LogP contribution in [0.2, 0.25) is 0 Å². The minimum atomic E-state index is -0.0625. The number of rotatable bonds is 6. The topological polar surface area (TPSA) is 75.0 Å². The summed E-state index contributed by atoms with van der Waals surface area (Å²) in [6.07, 6.45) is 0.773. The summed E-state index contributed by atoms with van der Waals surface area (Å²) < 4.78 is 0. The van der Waals surface area contributed by atoms with Crippen molar-refractivity contribution in [3.8, 4) is 0 Å². The van der Waals surface area contributed by atoms with Crippen LogP contribution in [-0.4, -0.2) is 34.1 Å². The van der Waals surface area contributed by atoms with Crippen molar-refractivity contribution < 1.29 is 4.79 Å². The lowest BCUT2D eigenvalue weighted by molar-refractivity contribution is 0.0736. The third-order valence-electron chi connectivity index (χ3n) is 3.74. The Morgan fingerprint density at radius 1 is 1.26 bits per heavy atom. The Bertz CT molecular complexity index is 628. The highest BCUT2D eigenvalue weighted by Gasteiger charge is 2.22. The van der Waals surface area contributed by atoms with Crippen LogP contribution in [0.15, 0.2) is 36.4 Å². The molecular weight excluding hydrogens is 288 g/mol. The Kier molecular flexibility index (Phi) is 5.55. The van der Waals surface area contributed by atoms with Crippen LogP contribution in [0.5, 0.6) is 0 Å². The first-order chi connectivity index (χ1) is 10.9. The summed E-state index contributed by atoms with van der Waals surface area (Å²) in [5, 5.41) is 7.18. The van der Waals surface area contributed by atoms with E-state index in [9.17, 15) is 4.79 Å². The first-order valence-corrected chi connectivity index (χ1v) is 8.01. The second-order valence-corrected chi connectivity index (χ2v) is 6.77. The van der Waals surface area contributed by atoms with Gasteiger partial charge in [-0.25, -0.2) is 0 Å². The predicted molar refractivity (Wildman–Crippen MR) is 92.1 cm³/mol. The number of nitrogens with zero attached hydrogens (tertiary/aromatic N) is 2. The highest BCUT2D eigenvalue weighted by molar-refractivity contribution is 5.92. The van der Waals surface area contributed by atoms with Crippen molar-refractivity contribution in [1.82, 2.24) is 15.1 Å². The van der Waals surface area contributed by atoms with E-state index in [1.807, 2.05) is 41.3 Å². The minimum absolute atomic E-state index is 0.0611. The molecule has 0 spiro atoms. The molecule has 124 valence electrons. The molecule has 0 saturated heterocycles. The van der Waals surface area contributed by atoms with Crippen molar-refractivity contribution in [2.24, 2.45) is 5.73 Å². The number of nitrogens with one attached hydrogen (secondary N) is 1. The van der Waals surface area contributed by atoms with Crippen LogP contribution >= 0.6 is 0 Å². The first kappa shape index (κ1) is 17.2. The Morgan fingerprint density at radius 2 is 1.96 bits per heavy atom. The zero-order valence-corrected chi connectivity index (χ0v) is 14.2. The number of hydrogen-bond donors (Lipinski definition) is 2. The molecule has 1 heterocycles. The summed E-state index contributed by atoms with van der Waals surface area (Å²) in [5.74, 6) is -0.0611. The lowest BCUT2D eigenvalue weighted by atomic mass is 9.92. The lowest BCUT2D eigenvalue weighted by Crippen LogP contribution is -2.32. The molecule has 0 aliphatic heterocycles. The zero-order valence-electron chi connectivity index (χ0n) is 14.2. The van der Waals surface area contributed by atoms with E-state index in [1.165, 1.54) is 0 Å². The van der Waals surface area contributed by atoms with Crippen LogP contribution in [0.4, 0.5) is 0 Å². The molecule has 0 aliphatic rings. The molecule has 2 rings (SSSR count). The smallest absolute Gasteiger partial charge is 0.274 e. The van der Waals surface area contributed by atoms with E-state index in [4.69, 9.17) is 5.73 Å². The quantitative estimate of drug-likeness (QED) is 0.861. The van der Waals surface area contributed by atoms with Crippen molar-refractivity contribution in [1.29, 1.82) is 0 Å². The second-order valence-electron chi connectivity index (χ2n) is 6.77. The lowest BCUT2D eigenvalue weighted by Gasteiger charge is -2.21. The van der Waals surface area contributed by atoms with Gasteiger partial charge in [0.25, 0.3) is 5.91 Å². The van der Waals surface area contributed by atoms with Crippen LogP contribution in [0, 0.1) is 0 Å². The summed E-state index contributed by atoms with van der Waals surface area (Å²) in [7, 11) is 0. The maximum Gasteiger partial charge on any atom is 0.274 e. The third-order valence-corrected chi connectivity index (χ3v) is 3.74. The molecule has 0 aliphatic carbocycles. The van der Waals surface area contributed by atoms with Crippen molar-refractivity contribution in [3.05, 3.63) is 53.3 Å². The van der Waals surface area contributed by atoms with Gasteiger partial charge in [0.1, 0.15) is 5.69 Å². The predicted octanol–water partition coefficient (Wildman–Crippen LogP) is 2.70. The fourth-order valence-corrected chi connectivity index (χ4v) is 2.32. The number of hydrogen-bond acceptors (Lipinski definition) is 3. The Balaban J connectivity index is 2.17. The standard InChI is InChI=1S/C18H26N4O/c1-18(2,3)16-12-15(20-21-16)17(23)22(11-7-10-19)13-14-8-5-4-6-9-14/h4-6,8-9,12H,7,10-11,13,19H2,1-3H3,(H,20,21). The molecule has 5 nitrogen and oxygen atoms in total. The average molecular weight is 314 g/mol. The fraction of sp³-hybridized carbons (Fsp3) is 0.444. The van der Waals surface area contributed by atoms with Crippen LogP contribution in [0.3, 0.4) is 0 Å². The van der Waals surface area contributed by atoms with Crippen LogP contribution in [0.1, 0.15) is 48.9 Å². The fourth-order valence-electron chi connectivity index (χ4n) is 2.32. The van der Waals surface area contributed by atoms with E-state index in [2.05, 4.69) is 31.0 Å². The van der Waals surface area contributed by atoms with Gasteiger partial charge in [-0.15, -0.1) is 0 Å². The molecule has 0 bridgehead atoms. The molecule has 3 N–H and O–H groups in total. The monoisotopic (exact) mass is 314 g/mol. The Morgan fingerprint density at radius 3 is 2.52 bits per heavy atom. The molecule has 23 heavy (non-hydrogen) atoms. The number of carbonyl (C=O) groups is 1. The molecule has 1 aromatic heterocycles. The van der Waals surface area contributed by atoms with E-state index in [0.717, 1.165) is 17.7 Å². The zero-order chi connectivity index (χ0) is 16.9. The number of H-pyrrole nitrogens is 1. The number of nitrogens with two attached hydrogens (primary N) is 1. The highest BCUT2D eigenvalue weighted by Crippen LogP contribution is 2.21. The van der Waals surface area contributed by atoms with Gasteiger partial charge in [0.15, 0.2) is 0 Å². The first-order valence-electron chi connectivity index (χ1n) is 8.01. The Hall–Kier alpha value is -2.14. The van der Waals surface area contributed by atoms with E-state index in [1.54, 1.807) is 0 Å². The summed E-state index contributed by atoms with van der Waals surface area (Å²) in [6, 6.07) is 11.8. The third kappa shape index (κ3) is 4.66. The molecule has 0 atom stereocenters. The number of amides is 1. The summed E-state index contributed by atoms with van der Waals surface area (Å²) in [6.45, 7) is 8.02. The highest BCUT2D eigenvalue weighted by atomic mass is 16.2. The molecule has 0 saturated carbocycles. The van der Waals surface area contributed by atoms with Gasteiger partial charge in [-0.1, -0.05) is 51.1 Å². The van der Waals surface area contributed by atoms with Gasteiger partial charge in [0, 0.05) is 24.2 Å². The van der Waals surface area contributed by atoms with Crippen LogP contribution in [-0.2, 0) is 12.0 Å². The van der Waals surface area contributed by atoms with Crippen molar-refractivity contribution in [2.75, 3.05) is 13.1 Å². The molecule has 1 amide bonds. The number of aromatic amines is 1. The molecule has 5 heteroatoms. The normalized spacial score (nSPS) is 11.5. The van der Waals surface area contributed by atoms with Gasteiger partial charge in [-0.05, 0) is 24.6 Å². The molecule has 0 radical (unpaired) electrons. The minimum Gasteiger partial charge on any atom is -0.333 e. The van der Waals surface area contributed by atoms with Gasteiger partial charge < -0.3 is 10.6 Å². The summed E-state index contributed by atoms with van der Waals surface area (Å²) in [4.78, 5) is 14.6. The molecule has 1 aromatic carbocycles. The van der Waals surface area contributed by atoms with Gasteiger partial charge in [0.2, 0.25) is 0 Å². The summed E-state index contributed by atoms with van der Waals surface area (Å²) in [5.41, 5.74) is 8.07. The molecular formula is C18H26N4O. The molecule has 0 unspecified atom stereocenters. The van der Waals surface area contributed by atoms with Gasteiger partial charge in [-0.2, -0.15) is 5.10 Å². The van der Waals surface area contributed by atoms with E-state index < -0.39 is 0 Å². The number of carbonyl (C=O) groups excluding carboxylic acids is 1. The second kappa shape index (κ2) is 7.42. The molecule has 0 fully saturated rings. The van der Waals surface area contributed by atoms with E-state index in [-0.39, 0.29) is 11.3 Å². The number of aromatic nitrogens is 2. The average Bonchev–Trinajstić information content (AvgIpc) is 3.02. The van der Waals surface area contributed by atoms with Crippen molar-refractivity contribution in [3.63, 3.8) is 0 Å². The maximum atomic E-state index is 12.8. The van der Waals surface area contributed by atoms with E-state index >= 15 is 0 Å². The van der Waals surface area contributed by atoms with E-state index in [0.29, 0.717) is 25.3 Å². The summed E-state index contributed by atoms with van der Waals surface area (Å²) >= 11 is 0. The van der Waals surface area contributed by atoms with Crippen LogP contribution in [0.25, 0.3) is 0 Å². The largest absolute Gasteiger partial charge is 0.333 e. The SMILES string of the molecule is CC(C)(C)c1cc(C(=O)N(CCCN)Cc2ccccc2)n[nH]1. The van der Waals surface area contributed by atoms with Crippen LogP contribution < -0.4 is 5.73 Å². The van der Waals surface area contributed by atoms with Gasteiger partial charge in [0.05, 0.1) is 0 Å². The Labute approximate surface area is 137 Å². The maximum absolute atomic E-state index is 12.8. The van der Waals surface area contributed by atoms with Crippen molar-refractivity contribution in [2.45, 2.75) is 39.2 Å². The molecule has 2 aromatic rings. The van der Waals surface area contributed by atoms with Gasteiger partial charge in [-0.3, -0.25) is 9.89 Å². The van der Waals surface area contributed by atoms with Gasteiger partial charge >= 0.3 is 0 Å². The number of benzene rings is 1.